The van der Waals surface area contributed by atoms with Crippen molar-refractivity contribution in [3.63, 3.8) is 0 Å². The number of hydrogen-bond donors (Lipinski definition) is 2. The molecule has 0 radical (unpaired) electrons. The molecule has 1 rings (SSSR count). The first-order valence-corrected chi connectivity index (χ1v) is 11.4. The number of esters is 1. The molecule has 4 atom stereocenters. The maximum Gasteiger partial charge on any atom is 0.333 e. The van der Waals surface area contributed by atoms with Gasteiger partial charge in [-0.3, -0.25) is 4.79 Å². The number of aliphatic hydroxyl groups is 1. The molecule has 0 aromatic carbocycles. The van der Waals surface area contributed by atoms with Crippen LogP contribution in [-0.2, 0) is 19.1 Å². The minimum Gasteiger partial charge on any atom is -0.459 e. The number of ether oxygens (including phenoxy) is 2. The third kappa shape index (κ3) is 8.62. The van der Waals surface area contributed by atoms with Gasteiger partial charge in [-0.05, 0) is 39.7 Å². The van der Waals surface area contributed by atoms with Crippen molar-refractivity contribution in [3.05, 3.63) is 23.3 Å². The fourth-order valence-electron chi connectivity index (χ4n) is 3.14. The second kappa shape index (κ2) is 13.2. The first-order valence-electron chi connectivity index (χ1n) is 10.4. The topological polar surface area (TPSA) is 84.9 Å². The Labute approximate surface area is 179 Å². The Balaban J connectivity index is 2.65. The van der Waals surface area contributed by atoms with Gasteiger partial charge >= 0.3 is 5.97 Å². The summed E-state index contributed by atoms with van der Waals surface area (Å²) in [5, 5.41) is 13.9. The summed E-state index contributed by atoms with van der Waals surface area (Å²) in [7, 11) is 1.71. The third-order valence-corrected chi connectivity index (χ3v) is 6.21. The van der Waals surface area contributed by atoms with Crippen LogP contribution in [0.2, 0.25) is 0 Å². The number of thioether (sulfide) groups is 1. The molecule has 0 bridgehead atoms. The number of carbonyl (C=O) groups is 2. The Kier molecular flexibility index (Phi) is 11.8. The lowest BCUT2D eigenvalue weighted by atomic mass is 9.96. The van der Waals surface area contributed by atoms with Gasteiger partial charge in [0.1, 0.15) is 6.10 Å². The van der Waals surface area contributed by atoms with E-state index in [4.69, 9.17) is 9.47 Å². The van der Waals surface area contributed by atoms with Crippen LogP contribution in [0.15, 0.2) is 23.3 Å². The lowest BCUT2D eigenvalue weighted by molar-refractivity contribution is -0.257. The number of likely N-dealkylation sites (N-methyl/N-ethyl adjacent to an activating group) is 1. The Morgan fingerprint density at radius 2 is 2.17 bits per heavy atom. The van der Waals surface area contributed by atoms with Gasteiger partial charge in [0.05, 0.1) is 12.6 Å². The van der Waals surface area contributed by atoms with Crippen LogP contribution in [0.3, 0.4) is 0 Å². The van der Waals surface area contributed by atoms with Gasteiger partial charge in [-0.2, -0.15) is 0 Å². The molecule has 0 aromatic heterocycles. The summed E-state index contributed by atoms with van der Waals surface area (Å²) in [6, 6.07) is -0.435. The van der Waals surface area contributed by atoms with E-state index < -0.39 is 17.9 Å². The number of carbonyl (C=O) groups excluding carboxylic acids is 2. The SMILES string of the molecule is CCC(C)/C=C\CC/C(C)=C(/C)C(=O)OC1CCOC(O)(C(CSC=O)NC)C1. The summed E-state index contributed by atoms with van der Waals surface area (Å²) in [5.41, 5.74) is 2.38. The molecule has 29 heavy (non-hydrogen) atoms. The van der Waals surface area contributed by atoms with Crippen LogP contribution >= 0.6 is 11.8 Å². The summed E-state index contributed by atoms with van der Waals surface area (Å²) < 4.78 is 11.3. The molecule has 0 amide bonds. The average molecular weight is 428 g/mol. The summed E-state index contributed by atoms with van der Waals surface area (Å²) in [5.74, 6) is -0.865. The van der Waals surface area contributed by atoms with Crippen molar-refractivity contribution in [1.82, 2.24) is 5.32 Å². The Bertz CT molecular complexity index is 592. The van der Waals surface area contributed by atoms with E-state index in [1.165, 1.54) is 0 Å². The van der Waals surface area contributed by atoms with Gasteiger partial charge in [0.15, 0.2) is 11.4 Å². The molecule has 1 fully saturated rings. The molecule has 166 valence electrons. The van der Waals surface area contributed by atoms with Gasteiger partial charge in [0.2, 0.25) is 0 Å². The number of nitrogens with one attached hydrogen (secondary N) is 1. The lowest BCUT2D eigenvalue weighted by Gasteiger charge is -2.41. The highest BCUT2D eigenvalue weighted by atomic mass is 32.2. The zero-order chi connectivity index (χ0) is 21.9. The highest BCUT2D eigenvalue weighted by Gasteiger charge is 2.43. The molecule has 1 heterocycles. The molecule has 0 spiro atoms. The van der Waals surface area contributed by atoms with Crippen molar-refractivity contribution in [2.75, 3.05) is 19.4 Å². The van der Waals surface area contributed by atoms with E-state index in [1.807, 2.05) is 6.92 Å². The maximum atomic E-state index is 12.6. The van der Waals surface area contributed by atoms with E-state index in [-0.39, 0.29) is 12.4 Å². The first-order chi connectivity index (χ1) is 13.8. The number of hydrogen-bond acceptors (Lipinski definition) is 7. The van der Waals surface area contributed by atoms with E-state index in [0.29, 0.717) is 30.3 Å². The van der Waals surface area contributed by atoms with Crippen molar-refractivity contribution in [3.8, 4) is 0 Å². The Morgan fingerprint density at radius 1 is 1.45 bits per heavy atom. The molecule has 0 aromatic rings. The van der Waals surface area contributed by atoms with Gasteiger partial charge in [-0.15, -0.1) is 0 Å². The van der Waals surface area contributed by atoms with Crippen molar-refractivity contribution in [1.29, 1.82) is 0 Å². The molecule has 0 saturated carbocycles. The van der Waals surface area contributed by atoms with Crippen molar-refractivity contribution >= 4 is 23.3 Å². The molecule has 2 N–H and O–H groups in total. The highest BCUT2D eigenvalue weighted by molar-refractivity contribution is 8.11. The van der Waals surface area contributed by atoms with Crippen LogP contribution < -0.4 is 5.32 Å². The number of allylic oxidation sites excluding steroid dienone is 3. The second-order valence-corrected chi connectivity index (χ2v) is 8.60. The van der Waals surface area contributed by atoms with Gasteiger partial charge in [0.25, 0.3) is 0 Å². The fraction of sp³-hybridized carbons (Fsp3) is 0.727. The summed E-state index contributed by atoms with van der Waals surface area (Å²) in [6.45, 7) is 8.39. The molecule has 1 aliphatic heterocycles. The zero-order valence-corrected chi connectivity index (χ0v) is 19.2. The zero-order valence-electron chi connectivity index (χ0n) is 18.4. The standard InChI is InChI=1S/C22H37NO5S/c1-6-16(2)9-7-8-10-17(3)18(4)21(25)28-19-11-12-27-22(26,13-19)20(23-5)14-29-15-24/h7,9,15-16,19-20,23,26H,6,8,10-14H2,1-5H3/b9-7-,18-17-. The fourth-order valence-corrected chi connectivity index (χ4v) is 3.84. The lowest BCUT2D eigenvalue weighted by Crippen LogP contribution is -2.57. The second-order valence-electron chi connectivity index (χ2n) is 7.74. The molecule has 6 nitrogen and oxygen atoms in total. The largest absolute Gasteiger partial charge is 0.459 e. The molecular weight excluding hydrogens is 390 g/mol. The third-order valence-electron chi connectivity index (χ3n) is 5.55. The van der Waals surface area contributed by atoms with Gasteiger partial charge in [-0.1, -0.05) is 49.8 Å². The predicted molar refractivity (Wildman–Crippen MR) is 118 cm³/mol. The van der Waals surface area contributed by atoms with Crippen LogP contribution in [0.25, 0.3) is 0 Å². The normalized spacial score (nSPS) is 25.4. The van der Waals surface area contributed by atoms with Crippen LogP contribution in [0, 0.1) is 5.92 Å². The minimum absolute atomic E-state index is 0.174. The predicted octanol–water partition coefficient (Wildman–Crippen LogP) is 3.63. The smallest absolute Gasteiger partial charge is 0.333 e. The molecule has 1 saturated heterocycles. The van der Waals surface area contributed by atoms with E-state index in [2.05, 4.69) is 31.3 Å². The first kappa shape index (κ1) is 25.9. The Morgan fingerprint density at radius 3 is 2.79 bits per heavy atom. The van der Waals surface area contributed by atoms with Gasteiger partial charge in [-0.25, -0.2) is 4.79 Å². The van der Waals surface area contributed by atoms with Crippen LogP contribution in [0.1, 0.15) is 59.8 Å². The molecular formula is C22H37NO5S. The van der Waals surface area contributed by atoms with E-state index in [9.17, 15) is 14.7 Å². The monoisotopic (exact) mass is 427 g/mol. The highest BCUT2D eigenvalue weighted by Crippen LogP contribution is 2.30. The quantitative estimate of drug-likeness (QED) is 0.213. The van der Waals surface area contributed by atoms with Crippen molar-refractivity contribution in [2.24, 2.45) is 5.92 Å². The summed E-state index contributed by atoms with van der Waals surface area (Å²) >= 11 is 1.07. The summed E-state index contributed by atoms with van der Waals surface area (Å²) in [4.78, 5) is 23.2. The molecule has 7 heteroatoms. The van der Waals surface area contributed by atoms with Gasteiger partial charge in [0, 0.05) is 24.2 Å². The van der Waals surface area contributed by atoms with E-state index in [0.717, 1.165) is 42.2 Å². The van der Waals surface area contributed by atoms with Crippen LogP contribution in [0.4, 0.5) is 0 Å². The van der Waals surface area contributed by atoms with Crippen molar-refractivity contribution < 1.29 is 24.2 Å². The van der Waals surface area contributed by atoms with Crippen LogP contribution in [0.5, 0.6) is 0 Å². The maximum absolute atomic E-state index is 12.6. The van der Waals surface area contributed by atoms with Crippen LogP contribution in [-0.4, -0.2) is 54.0 Å². The summed E-state index contributed by atoms with van der Waals surface area (Å²) in [6.07, 6.45) is 7.51. The molecule has 1 aliphatic rings. The van der Waals surface area contributed by atoms with Crippen molar-refractivity contribution in [2.45, 2.75) is 77.7 Å². The molecule has 0 aliphatic carbocycles. The number of rotatable bonds is 12. The van der Waals surface area contributed by atoms with Gasteiger partial charge < -0.3 is 19.9 Å². The minimum atomic E-state index is -1.47. The molecule has 4 unspecified atom stereocenters. The van der Waals surface area contributed by atoms with E-state index >= 15 is 0 Å². The van der Waals surface area contributed by atoms with E-state index in [1.54, 1.807) is 14.0 Å². The average Bonchev–Trinajstić information content (AvgIpc) is 2.70. The Hall–Kier alpha value is -1.15.